The Kier molecular flexibility index (Phi) is 8.66. The van der Waals surface area contributed by atoms with Crippen molar-refractivity contribution in [3.8, 4) is 0 Å². The molecule has 0 amide bonds. The highest BCUT2D eigenvalue weighted by molar-refractivity contribution is 5.79. The van der Waals surface area contributed by atoms with E-state index in [2.05, 4.69) is 26.8 Å². The summed E-state index contributed by atoms with van der Waals surface area (Å²) in [6.07, 6.45) is 1.68. The van der Waals surface area contributed by atoms with Gasteiger partial charge in [-0.3, -0.25) is 9.59 Å². The van der Waals surface area contributed by atoms with E-state index in [4.69, 9.17) is 18.9 Å². The molecule has 5 fully saturated rings. The largest absolute Gasteiger partial charge is 0.458 e. The first kappa shape index (κ1) is 35.9. The molecule has 0 unspecified atom stereocenters. The van der Waals surface area contributed by atoms with Gasteiger partial charge in [-0.1, -0.05) is 39.3 Å². The molecule has 14 atom stereocenters. The lowest BCUT2D eigenvalue weighted by Gasteiger charge is -2.61. The minimum atomic E-state index is -1.42. The van der Waals surface area contributed by atoms with E-state index in [1.54, 1.807) is 0 Å². The van der Waals surface area contributed by atoms with Gasteiger partial charge in [-0.25, -0.2) is 0 Å². The van der Waals surface area contributed by atoms with Crippen LogP contribution < -0.4 is 0 Å². The van der Waals surface area contributed by atoms with Crippen LogP contribution in [0.3, 0.4) is 0 Å². The number of rotatable bonds is 7. The lowest BCUT2D eigenvalue weighted by molar-refractivity contribution is -0.300. The van der Waals surface area contributed by atoms with E-state index in [-0.39, 0.29) is 40.8 Å². The summed E-state index contributed by atoms with van der Waals surface area (Å²) in [6, 6.07) is 0. The molecule has 0 radical (unpaired) electrons. The average Bonchev–Trinajstić information content (AvgIpc) is 3.66. The fourth-order valence-electron chi connectivity index (χ4n) is 11.6. The lowest BCUT2D eigenvalue weighted by atomic mass is 9.43. The normalized spacial score (nSPS) is 48.9. The zero-order valence-electron chi connectivity index (χ0n) is 29.7. The van der Waals surface area contributed by atoms with Crippen LogP contribution in [0.25, 0.3) is 0 Å². The molecular formula is C37H56O11. The molecule has 0 aromatic heterocycles. The maximum absolute atomic E-state index is 14.0. The lowest BCUT2D eigenvalue weighted by Crippen LogP contribution is -2.61. The van der Waals surface area contributed by atoms with E-state index in [0.29, 0.717) is 12.8 Å². The number of aldehydes is 1. The Labute approximate surface area is 283 Å². The van der Waals surface area contributed by atoms with Crippen LogP contribution >= 0.6 is 0 Å². The van der Waals surface area contributed by atoms with Gasteiger partial charge in [-0.15, -0.1) is 0 Å². The van der Waals surface area contributed by atoms with Crippen LogP contribution in [0.2, 0.25) is 0 Å². The van der Waals surface area contributed by atoms with Gasteiger partial charge in [0.2, 0.25) is 0 Å². The fraction of sp³-hybridized carbons (Fsp3) is 0.865. The molecule has 6 aliphatic rings. The summed E-state index contributed by atoms with van der Waals surface area (Å²) in [6.45, 7) is 14.7. The Balaban J connectivity index is 1.26. The molecule has 0 aromatic carbocycles. The third-order valence-electron chi connectivity index (χ3n) is 14.3. The Bertz CT molecular complexity index is 1350. The summed E-state index contributed by atoms with van der Waals surface area (Å²) in [7, 11) is 0. The van der Waals surface area contributed by atoms with Gasteiger partial charge in [-0.05, 0) is 99.2 Å². The number of hydrogen-bond donors (Lipinski definition) is 4. The molecule has 4 N–H and O–H groups in total. The molecule has 11 heteroatoms. The third-order valence-corrected chi connectivity index (χ3v) is 14.3. The van der Waals surface area contributed by atoms with Gasteiger partial charge in [0.05, 0.1) is 29.6 Å². The van der Waals surface area contributed by atoms with Crippen molar-refractivity contribution in [3.05, 3.63) is 11.6 Å². The molecule has 0 bridgehead atoms. The number of cyclic esters (lactones) is 1. The average molecular weight is 677 g/mol. The van der Waals surface area contributed by atoms with E-state index < -0.39 is 71.1 Å². The molecular weight excluding hydrogens is 620 g/mol. The second-order valence-electron chi connectivity index (χ2n) is 17.6. The van der Waals surface area contributed by atoms with Crippen molar-refractivity contribution in [2.45, 2.75) is 149 Å². The van der Waals surface area contributed by atoms with Gasteiger partial charge in [0.1, 0.15) is 30.7 Å². The van der Waals surface area contributed by atoms with Crippen LogP contribution in [0.4, 0.5) is 0 Å². The van der Waals surface area contributed by atoms with Crippen molar-refractivity contribution in [1.82, 2.24) is 0 Å². The summed E-state index contributed by atoms with van der Waals surface area (Å²) in [4.78, 5) is 39.4. The van der Waals surface area contributed by atoms with Crippen LogP contribution in [0, 0.1) is 44.8 Å². The SMILES string of the molecule is CC(=O)O[C@H]([C@H]1C[C@@H](C)[C@H]([C@@]2(C)CC[C@@]34C[C@@]35CC[C@H](O[C@@H]3OC[C@@H](O)[C@H](O)[C@H]3O)C(C)(C)[C@@H]5CC=C4[C@]2(C)C=O)C(=O)O1)C(C)(C)O. The van der Waals surface area contributed by atoms with Gasteiger partial charge in [-0.2, -0.15) is 0 Å². The summed E-state index contributed by atoms with van der Waals surface area (Å²) in [5, 5.41) is 41.5. The first-order valence-corrected chi connectivity index (χ1v) is 17.8. The van der Waals surface area contributed by atoms with Crippen molar-refractivity contribution in [2.75, 3.05) is 6.61 Å². The molecule has 2 aliphatic heterocycles. The van der Waals surface area contributed by atoms with Crippen LogP contribution in [0.5, 0.6) is 0 Å². The Morgan fingerprint density at radius 2 is 1.79 bits per heavy atom. The van der Waals surface area contributed by atoms with Crippen LogP contribution in [0.15, 0.2) is 11.6 Å². The molecule has 6 rings (SSSR count). The Morgan fingerprint density at radius 3 is 2.40 bits per heavy atom. The van der Waals surface area contributed by atoms with E-state index in [0.717, 1.165) is 44.0 Å². The zero-order valence-corrected chi connectivity index (χ0v) is 29.7. The fourth-order valence-corrected chi connectivity index (χ4v) is 11.6. The van der Waals surface area contributed by atoms with Gasteiger partial charge in [0, 0.05) is 6.92 Å². The van der Waals surface area contributed by atoms with Crippen molar-refractivity contribution >= 4 is 18.2 Å². The number of aliphatic hydroxyl groups is 4. The number of aliphatic hydroxyl groups excluding tert-OH is 3. The molecule has 0 aromatic rings. The zero-order chi connectivity index (χ0) is 35.4. The predicted octanol–water partition coefficient (Wildman–Crippen LogP) is 3.23. The number of esters is 2. The molecule has 2 heterocycles. The Hall–Kier alpha value is -1.89. The highest BCUT2D eigenvalue weighted by atomic mass is 16.7. The van der Waals surface area contributed by atoms with Crippen molar-refractivity contribution < 1.29 is 53.8 Å². The maximum atomic E-state index is 14.0. The highest BCUT2D eigenvalue weighted by Crippen LogP contribution is 2.86. The molecule has 3 saturated carbocycles. The van der Waals surface area contributed by atoms with Gasteiger partial charge < -0.3 is 44.2 Å². The summed E-state index contributed by atoms with van der Waals surface area (Å²) in [5.74, 6) is -1.48. The topological polar surface area (TPSA) is 169 Å². The number of ether oxygens (including phenoxy) is 4. The summed E-state index contributed by atoms with van der Waals surface area (Å²) in [5.41, 5.74) is -2.38. The number of carbonyl (C=O) groups excluding carboxylic acids is 3. The van der Waals surface area contributed by atoms with Crippen molar-refractivity contribution in [3.63, 3.8) is 0 Å². The molecule has 11 nitrogen and oxygen atoms in total. The van der Waals surface area contributed by atoms with E-state index in [9.17, 15) is 34.8 Å². The number of hydrogen-bond acceptors (Lipinski definition) is 11. The second-order valence-corrected chi connectivity index (χ2v) is 17.6. The maximum Gasteiger partial charge on any atom is 0.310 e. The third kappa shape index (κ3) is 4.99. The molecule has 270 valence electrons. The minimum absolute atomic E-state index is 0.0124. The van der Waals surface area contributed by atoms with Crippen LogP contribution in [0.1, 0.15) is 100 Å². The van der Waals surface area contributed by atoms with Gasteiger partial charge >= 0.3 is 11.9 Å². The van der Waals surface area contributed by atoms with Crippen LogP contribution in [-0.2, 0) is 33.3 Å². The molecule has 4 aliphatic carbocycles. The van der Waals surface area contributed by atoms with Gasteiger partial charge in [0.15, 0.2) is 12.4 Å². The van der Waals surface area contributed by atoms with Crippen molar-refractivity contribution in [1.29, 1.82) is 0 Å². The standard InChI is InChI=1S/C37H56O11/c1-19-15-22(29(33(5,6)44)46-20(2)39)47-30(43)26(19)34(7)13-14-37-17-36(37)12-11-25(48-31-28(42)27(41)21(40)16-45-31)32(3,4)23(36)9-10-24(37)35(34,8)18-38/h10,18-19,21-23,25-29,31,40-42,44H,9,11-17H2,1-8H3/t19-,21-,22-,23+,25+,26+,27+,28-,29-,31+,34-,35+,36-,37+/m1/s1. The molecule has 2 spiro atoms. The number of allylic oxidation sites excluding steroid dienone is 2. The Morgan fingerprint density at radius 1 is 1.10 bits per heavy atom. The monoisotopic (exact) mass is 676 g/mol. The highest BCUT2D eigenvalue weighted by Gasteiger charge is 2.80. The van der Waals surface area contributed by atoms with Crippen molar-refractivity contribution in [2.24, 2.45) is 44.8 Å². The molecule has 2 saturated heterocycles. The summed E-state index contributed by atoms with van der Waals surface area (Å²) >= 11 is 0. The second kappa shape index (κ2) is 11.6. The smallest absolute Gasteiger partial charge is 0.310 e. The quantitative estimate of drug-likeness (QED) is 0.178. The first-order chi connectivity index (χ1) is 22.2. The van der Waals surface area contributed by atoms with E-state index in [1.807, 2.05) is 13.8 Å². The minimum Gasteiger partial charge on any atom is -0.458 e. The van der Waals surface area contributed by atoms with E-state index >= 15 is 0 Å². The molecule has 48 heavy (non-hydrogen) atoms. The van der Waals surface area contributed by atoms with E-state index in [1.165, 1.54) is 20.8 Å². The van der Waals surface area contributed by atoms with Crippen LogP contribution in [-0.4, -0.2) is 93.8 Å². The number of carbonyl (C=O) groups is 3. The summed E-state index contributed by atoms with van der Waals surface area (Å²) < 4.78 is 23.5. The van der Waals surface area contributed by atoms with Gasteiger partial charge in [0.25, 0.3) is 0 Å². The first-order valence-electron chi connectivity index (χ1n) is 17.8. The predicted molar refractivity (Wildman–Crippen MR) is 172 cm³/mol.